The van der Waals surface area contributed by atoms with Gasteiger partial charge in [-0.3, -0.25) is 5.14 Å². The molecule has 0 unspecified atom stereocenters. The Kier molecular flexibility index (Phi) is 7.62. The van der Waals surface area contributed by atoms with E-state index in [1.165, 1.54) is 16.6 Å². The van der Waals surface area contributed by atoms with E-state index in [2.05, 4.69) is 31.3 Å². The molecule has 1 aromatic carbocycles. The van der Waals surface area contributed by atoms with Gasteiger partial charge < -0.3 is 0 Å². The van der Waals surface area contributed by atoms with Crippen molar-refractivity contribution >= 4 is 33.5 Å². The first kappa shape index (κ1) is 13.9. The van der Waals surface area contributed by atoms with Crippen molar-refractivity contribution in [3.63, 3.8) is 0 Å². The number of fused-ring (bicyclic) bond motifs is 1. The predicted molar refractivity (Wildman–Crippen MR) is 72.2 cm³/mol. The third kappa shape index (κ3) is 3.87. The summed E-state index contributed by atoms with van der Waals surface area (Å²) in [6, 6.07) is 8.02. The second kappa shape index (κ2) is 8.23. The van der Waals surface area contributed by atoms with Gasteiger partial charge in [0.1, 0.15) is 0 Å². The molecule has 0 aliphatic heterocycles. The second-order valence-corrected chi connectivity index (χ2v) is 3.98. The smallest absolute Gasteiger partial charge is 0.165 e. The van der Waals surface area contributed by atoms with Crippen LogP contribution in [0.2, 0.25) is 0 Å². The second-order valence-electron chi connectivity index (χ2n) is 2.07. The van der Waals surface area contributed by atoms with Crippen molar-refractivity contribution in [1.82, 2.24) is 4.98 Å². The van der Waals surface area contributed by atoms with E-state index >= 15 is 0 Å². The van der Waals surface area contributed by atoms with Crippen molar-refractivity contribution < 1.29 is 0 Å². The number of hydrogen-bond acceptors (Lipinski definition) is 4. The van der Waals surface area contributed by atoms with Gasteiger partial charge in [-0.1, -0.05) is 12.1 Å². The number of para-hydroxylation sites is 1. The molecule has 2 rings (SSSR count). The van der Waals surface area contributed by atoms with Gasteiger partial charge in [0.25, 0.3) is 0 Å². The Hall–Kier alpha value is -1.10. The zero-order chi connectivity index (χ0) is 11.7. The van der Waals surface area contributed by atoms with Gasteiger partial charge in [0.2, 0.25) is 0 Å². The molecule has 2 aromatic rings. The Morgan fingerprint density at radius 1 is 1.13 bits per heavy atom. The van der Waals surface area contributed by atoms with E-state index in [1.807, 2.05) is 24.3 Å². The van der Waals surface area contributed by atoms with Crippen LogP contribution in [0.15, 0.2) is 54.9 Å². The number of thiazole rings is 1. The fourth-order valence-electron chi connectivity index (χ4n) is 0.901. The molecule has 2 nitrogen and oxygen atoms in total. The zero-order valence-electron chi connectivity index (χ0n) is 8.48. The first-order valence-corrected chi connectivity index (χ1v) is 5.82. The van der Waals surface area contributed by atoms with Gasteiger partial charge in [-0.2, -0.15) is 0 Å². The summed E-state index contributed by atoms with van der Waals surface area (Å²) in [6.07, 6.45) is 0. The van der Waals surface area contributed by atoms with E-state index in [0.717, 1.165) is 9.86 Å². The molecule has 4 heteroatoms. The van der Waals surface area contributed by atoms with Crippen molar-refractivity contribution in [3.05, 3.63) is 50.6 Å². The van der Waals surface area contributed by atoms with Crippen molar-refractivity contribution in [2.75, 3.05) is 0 Å². The summed E-state index contributed by atoms with van der Waals surface area (Å²) in [7, 11) is 0. The number of rotatable bonds is 1. The van der Waals surface area contributed by atoms with Crippen LogP contribution in [0, 0.1) is 0 Å². The number of benzene rings is 1. The fourth-order valence-corrected chi connectivity index (χ4v) is 2.21. The van der Waals surface area contributed by atoms with Gasteiger partial charge in [0, 0.05) is 0 Å². The fraction of sp³-hybridized carbons (Fsp3) is 0. The average molecular weight is 238 g/mol. The molecule has 0 bridgehead atoms. The predicted octanol–water partition coefficient (Wildman–Crippen LogP) is 3.87. The maximum Gasteiger partial charge on any atom is 0.165 e. The van der Waals surface area contributed by atoms with Gasteiger partial charge in [0.15, 0.2) is 4.34 Å². The highest BCUT2D eigenvalue weighted by Gasteiger charge is 1.99. The van der Waals surface area contributed by atoms with Crippen LogP contribution in [0.4, 0.5) is 0 Å². The Morgan fingerprint density at radius 3 is 2.27 bits per heavy atom. The molecule has 1 heterocycles. The quantitative estimate of drug-likeness (QED) is 0.605. The first-order valence-electron chi connectivity index (χ1n) is 4.12. The minimum atomic E-state index is 0.922. The van der Waals surface area contributed by atoms with Gasteiger partial charge >= 0.3 is 0 Å². The van der Waals surface area contributed by atoms with Crippen molar-refractivity contribution in [3.8, 4) is 0 Å². The Labute approximate surface area is 98.7 Å². The van der Waals surface area contributed by atoms with Crippen LogP contribution in [0.25, 0.3) is 10.2 Å². The lowest BCUT2D eigenvalue weighted by atomic mass is 10.3. The summed E-state index contributed by atoms with van der Waals surface area (Å²) in [4.78, 5) is 4.29. The largest absolute Gasteiger partial charge is 0.272 e. The topological polar surface area (TPSA) is 38.9 Å². The summed E-state index contributed by atoms with van der Waals surface area (Å²) < 4.78 is 2.12. The van der Waals surface area contributed by atoms with E-state index in [9.17, 15) is 0 Å². The number of nitrogens with two attached hydrogens (primary N) is 1. The average Bonchev–Trinajstić information content (AvgIpc) is 2.77. The summed E-state index contributed by atoms with van der Waals surface area (Å²) in [5.41, 5.74) is 1.03. The van der Waals surface area contributed by atoms with Crippen LogP contribution in [-0.4, -0.2) is 4.98 Å². The number of aromatic nitrogens is 1. The maximum absolute atomic E-state index is 5.38. The molecule has 1 aromatic heterocycles. The number of hydrogen-bond donors (Lipinski definition) is 1. The van der Waals surface area contributed by atoms with Gasteiger partial charge in [-0.25, -0.2) is 4.98 Å². The molecule has 0 fully saturated rings. The van der Waals surface area contributed by atoms with E-state index in [0.29, 0.717) is 0 Å². The third-order valence-corrected chi connectivity index (χ3v) is 3.04. The van der Waals surface area contributed by atoms with Gasteiger partial charge in [-0.05, 0) is 24.1 Å². The van der Waals surface area contributed by atoms with Crippen LogP contribution < -0.4 is 5.14 Å². The minimum Gasteiger partial charge on any atom is -0.272 e. The molecular formula is C11H14N2S2. The monoisotopic (exact) mass is 238 g/mol. The Bertz CT molecular complexity index is 363. The Morgan fingerprint density at radius 2 is 1.73 bits per heavy atom. The van der Waals surface area contributed by atoms with Gasteiger partial charge in [-0.15, -0.1) is 37.7 Å². The van der Waals surface area contributed by atoms with E-state index in [-0.39, 0.29) is 0 Å². The summed E-state index contributed by atoms with van der Waals surface area (Å²) in [5, 5.41) is 5.38. The van der Waals surface area contributed by atoms with Crippen LogP contribution in [0.5, 0.6) is 0 Å². The van der Waals surface area contributed by atoms with Crippen LogP contribution in [0.1, 0.15) is 0 Å². The minimum absolute atomic E-state index is 0.922. The van der Waals surface area contributed by atoms with E-state index < -0.39 is 0 Å². The first-order chi connectivity index (χ1) is 7.40. The lowest BCUT2D eigenvalue weighted by Gasteiger charge is -1.80. The molecular weight excluding hydrogens is 224 g/mol. The highest BCUT2D eigenvalue weighted by molar-refractivity contribution is 7.99. The molecule has 15 heavy (non-hydrogen) atoms. The van der Waals surface area contributed by atoms with Crippen LogP contribution in [-0.2, 0) is 0 Å². The van der Waals surface area contributed by atoms with E-state index in [4.69, 9.17) is 5.14 Å². The van der Waals surface area contributed by atoms with E-state index in [1.54, 1.807) is 11.3 Å². The van der Waals surface area contributed by atoms with Crippen LogP contribution >= 0.6 is 23.3 Å². The van der Waals surface area contributed by atoms with Crippen LogP contribution in [0.3, 0.4) is 0 Å². The standard InChI is InChI=1S/C7H6N2S2.2C2H4/c8-11-7-9-5-3-1-2-4-6(5)10-7;2*1-2/h1-4H,8H2;2*1-2H2. The zero-order valence-corrected chi connectivity index (χ0v) is 10.1. The molecule has 0 aliphatic rings. The Balaban J connectivity index is 0.000000442. The van der Waals surface area contributed by atoms with Crippen molar-refractivity contribution in [2.45, 2.75) is 4.34 Å². The molecule has 0 amide bonds. The summed E-state index contributed by atoms with van der Waals surface area (Å²) in [5.74, 6) is 0. The molecule has 0 saturated carbocycles. The lowest BCUT2D eigenvalue weighted by Crippen LogP contribution is -1.75. The molecule has 0 saturated heterocycles. The highest BCUT2D eigenvalue weighted by Crippen LogP contribution is 2.25. The number of nitrogens with zero attached hydrogens (tertiary/aromatic N) is 1. The van der Waals surface area contributed by atoms with Crippen molar-refractivity contribution in [2.24, 2.45) is 5.14 Å². The molecule has 0 spiro atoms. The lowest BCUT2D eigenvalue weighted by molar-refractivity contribution is 1.30. The molecule has 0 radical (unpaired) electrons. The molecule has 0 aliphatic carbocycles. The molecule has 2 N–H and O–H groups in total. The highest BCUT2D eigenvalue weighted by atomic mass is 32.2. The molecule has 0 atom stereocenters. The van der Waals surface area contributed by atoms with Gasteiger partial charge in [0.05, 0.1) is 10.2 Å². The third-order valence-electron chi connectivity index (χ3n) is 1.38. The van der Waals surface area contributed by atoms with Crippen molar-refractivity contribution in [1.29, 1.82) is 0 Å². The SMILES string of the molecule is C=C.C=C.NSc1nc2ccccc2s1. The normalized spacial score (nSPS) is 8.33. The summed E-state index contributed by atoms with van der Waals surface area (Å²) >= 11 is 2.83. The maximum atomic E-state index is 5.38. The molecule has 80 valence electrons. The summed E-state index contributed by atoms with van der Waals surface area (Å²) in [6.45, 7) is 12.0.